The SMILES string of the molecule is Cc1nc2c(n1C)C(C)N(C)c1c-2ccnc1Cl. The molecule has 0 radical (unpaired) electrons. The van der Waals surface area contributed by atoms with Crippen LogP contribution in [0.25, 0.3) is 11.3 Å². The molecule has 0 amide bonds. The predicted octanol–water partition coefficient (Wildman–Crippen LogP) is 2.95. The normalized spacial score (nSPS) is 17.6. The molecular weight excluding hydrogens is 248 g/mol. The summed E-state index contributed by atoms with van der Waals surface area (Å²) in [5.74, 6) is 1.01. The Balaban J connectivity index is 2.38. The number of anilines is 1. The van der Waals surface area contributed by atoms with E-state index in [1.807, 2.05) is 20.0 Å². The largest absolute Gasteiger partial charge is 0.363 e. The van der Waals surface area contributed by atoms with E-state index in [4.69, 9.17) is 11.6 Å². The van der Waals surface area contributed by atoms with Gasteiger partial charge in [0.1, 0.15) is 5.82 Å². The van der Waals surface area contributed by atoms with Crippen LogP contribution in [0.1, 0.15) is 24.5 Å². The van der Waals surface area contributed by atoms with Gasteiger partial charge in [-0.05, 0) is 19.9 Å². The van der Waals surface area contributed by atoms with Crippen LogP contribution in [0.5, 0.6) is 0 Å². The lowest BCUT2D eigenvalue weighted by atomic mass is 9.99. The van der Waals surface area contributed by atoms with Crippen molar-refractivity contribution in [1.29, 1.82) is 0 Å². The van der Waals surface area contributed by atoms with Gasteiger partial charge in [-0.15, -0.1) is 0 Å². The van der Waals surface area contributed by atoms with Crippen LogP contribution < -0.4 is 4.90 Å². The van der Waals surface area contributed by atoms with E-state index in [9.17, 15) is 0 Å². The summed E-state index contributed by atoms with van der Waals surface area (Å²) in [7, 11) is 4.10. The fourth-order valence-corrected chi connectivity index (χ4v) is 2.93. The lowest BCUT2D eigenvalue weighted by molar-refractivity contribution is 0.658. The lowest BCUT2D eigenvalue weighted by Crippen LogP contribution is -2.28. The number of imidazole rings is 1. The highest BCUT2D eigenvalue weighted by atomic mass is 35.5. The molecule has 0 aliphatic carbocycles. The van der Waals surface area contributed by atoms with E-state index in [0.717, 1.165) is 22.8 Å². The molecule has 0 saturated heterocycles. The summed E-state index contributed by atoms with van der Waals surface area (Å²) in [4.78, 5) is 11.0. The van der Waals surface area contributed by atoms with E-state index in [0.29, 0.717) is 5.15 Å². The topological polar surface area (TPSA) is 34.0 Å². The summed E-state index contributed by atoms with van der Waals surface area (Å²) in [6.45, 7) is 4.18. The Kier molecular flexibility index (Phi) is 2.38. The molecular formula is C13H15ClN4. The lowest BCUT2D eigenvalue weighted by Gasteiger charge is -2.34. The van der Waals surface area contributed by atoms with Crippen molar-refractivity contribution in [2.75, 3.05) is 11.9 Å². The van der Waals surface area contributed by atoms with Crippen LogP contribution >= 0.6 is 11.6 Å². The molecule has 0 N–H and O–H groups in total. The summed E-state index contributed by atoms with van der Waals surface area (Å²) in [5.41, 5.74) is 4.29. The number of aromatic nitrogens is 3. The first-order valence-electron chi connectivity index (χ1n) is 5.93. The van der Waals surface area contributed by atoms with Gasteiger partial charge < -0.3 is 9.47 Å². The highest BCUT2D eigenvalue weighted by molar-refractivity contribution is 6.32. The Bertz CT molecular complexity index is 632. The molecule has 2 aromatic heterocycles. The van der Waals surface area contributed by atoms with Crippen molar-refractivity contribution in [2.45, 2.75) is 19.9 Å². The minimum atomic E-state index is 0.236. The Morgan fingerprint density at radius 1 is 1.33 bits per heavy atom. The maximum atomic E-state index is 6.23. The average Bonchev–Trinajstić information content (AvgIpc) is 2.63. The van der Waals surface area contributed by atoms with E-state index in [-0.39, 0.29) is 6.04 Å². The summed E-state index contributed by atoms with van der Waals surface area (Å²) in [6, 6.07) is 2.22. The average molecular weight is 263 g/mol. The zero-order valence-corrected chi connectivity index (χ0v) is 11.7. The molecule has 2 aromatic rings. The molecule has 94 valence electrons. The van der Waals surface area contributed by atoms with Gasteiger partial charge in [-0.3, -0.25) is 0 Å². The zero-order chi connectivity index (χ0) is 13.0. The fraction of sp³-hybridized carbons (Fsp3) is 0.385. The van der Waals surface area contributed by atoms with Gasteiger partial charge >= 0.3 is 0 Å². The van der Waals surface area contributed by atoms with Gasteiger partial charge in [0.05, 0.1) is 23.1 Å². The van der Waals surface area contributed by atoms with E-state index in [2.05, 4.69) is 33.4 Å². The molecule has 0 saturated carbocycles. The minimum Gasteiger partial charge on any atom is -0.363 e. The van der Waals surface area contributed by atoms with Gasteiger partial charge in [0.2, 0.25) is 0 Å². The maximum Gasteiger partial charge on any atom is 0.152 e. The van der Waals surface area contributed by atoms with Gasteiger partial charge in [-0.2, -0.15) is 0 Å². The standard InChI is InChI=1S/C13H15ClN4/c1-7-11-10(16-8(2)18(11)4)9-5-6-15-13(14)12(9)17(7)3/h5-7H,1-4H3. The first-order chi connectivity index (χ1) is 8.52. The van der Waals surface area contributed by atoms with Crippen molar-refractivity contribution in [3.8, 4) is 11.3 Å². The fourth-order valence-electron chi connectivity index (χ4n) is 2.64. The van der Waals surface area contributed by atoms with Crippen molar-refractivity contribution in [1.82, 2.24) is 14.5 Å². The first-order valence-corrected chi connectivity index (χ1v) is 6.31. The van der Waals surface area contributed by atoms with Crippen LogP contribution in [0, 0.1) is 6.92 Å². The first kappa shape index (κ1) is 11.5. The van der Waals surface area contributed by atoms with Gasteiger partial charge in [0.15, 0.2) is 5.15 Å². The molecule has 0 bridgehead atoms. The van der Waals surface area contributed by atoms with E-state index < -0.39 is 0 Å². The predicted molar refractivity (Wildman–Crippen MR) is 73.0 cm³/mol. The summed E-state index contributed by atoms with van der Waals surface area (Å²) in [6.07, 6.45) is 1.73. The highest BCUT2D eigenvalue weighted by Gasteiger charge is 2.32. The van der Waals surface area contributed by atoms with Crippen LogP contribution in [-0.4, -0.2) is 21.6 Å². The number of fused-ring (bicyclic) bond motifs is 3. The molecule has 1 atom stereocenters. The highest BCUT2D eigenvalue weighted by Crippen LogP contribution is 2.45. The van der Waals surface area contributed by atoms with Gasteiger partial charge in [-0.1, -0.05) is 11.6 Å². The van der Waals surface area contributed by atoms with Crippen LogP contribution in [-0.2, 0) is 7.05 Å². The number of rotatable bonds is 0. The smallest absolute Gasteiger partial charge is 0.152 e. The molecule has 18 heavy (non-hydrogen) atoms. The molecule has 1 unspecified atom stereocenters. The third-order valence-corrected chi connectivity index (χ3v) is 4.10. The number of halogens is 1. The van der Waals surface area contributed by atoms with Gasteiger partial charge in [0.25, 0.3) is 0 Å². The minimum absolute atomic E-state index is 0.236. The Hall–Kier alpha value is -1.55. The monoisotopic (exact) mass is 262 g/mol. The molecule has 0 fully saturated rings. The van der Waals surface area contributed by atoms with Crippen molar-refractivity contribution in [2.24, 2.45) is 7.05 Å². The van der Waals surface area contributed by atoms with Crippen LogP contribution in [0.15, 0.2) is 12.3 Å². The second-order valence-electron chi connectivity index (χ2n) is 4.74. The summed E-state index contributed by atoms with van der Waals surface area (Å²) in [5, 5.41) is 0.538. The molecule has 1 aliphatic heterocycles. The summed E-state index contributed by atoms with van der Waals surface area (Å²) >= 11 is 6.23. The van der Waals surface area contributed by atoms with E-state index >= 15 is 0 Å². The molecule has 0 aromatic carbocycles. The third-order valence-electron chi connectivity index (χ3n) is 3.83. The van der Waals surface area contributed by atoms with Gasteiger partial charge in [-0.25, -0.2) is 9.97 Å². The Labute approximate surface area is 111 Å². The summed E-state index contributed by atoms with van der Waals surface area (Å²) < 4.78 is 2.15. The van der Waals surface area contributed by atoms with E-state index in [1.54, 1.807) is 6.20 Å². The Morgan fingerprint density at radius 3 is 2.78 bits per heavy atom. The second kappa shape index (κ2) is 3.72. The number of hydrogen-bond donors (Lipinski definition) is 0. The van der Waals surface area contributed by atoms with Crippen LogP contribution in [0.4, 0.5) is 5.69 Å². The molecule has 4 nitrogen and oxygen atoms in total. The van der Waals surface area contributed by atoms with Crippen LogP contribution in [0.2, 0.25) is 5.15 Å². The number of nitrogens with zero attached hydrogens (tertiary/aromatic N) is 4. The van der Waals surface area contributed by atoms with Crippen molar-refractivity contribution in [3.63, 3.8) is 0 Å². The van der Waals surface area contributed by atoms with Crippen molar-refractivity contribution in [3.05, 3.63) is 28.9 Å². The van der Waals surface area contributed by atoms with Crippen molar-refractivity contribution >= 4 is 17.3 Å². The van der Waals surface area contributed by atoms with Crippen molar-refractivity contribution < 1.29 is 0 Å². The molecule has 1 aliphatic rings. The number of hydrogen-bond acceptors (Lipinski definition) is 3. The molecule has 3 heterocycles. The van der Waals surface area contributed by atoms with Gasteiger partial charge in [0, 0.05) is 25.9 Å². The Morgan fingerprint density at radius 2 is 2.06 bits per heavy atom. The molecule has 0 spiro atoms. The number of pyridine rings is 1. The molecule has 5 heteroatoms. The number of aryl methyl sites for hydroxylation is 1. The van der Waals surface area contributed by atoms with E-state index in [1.165, 1.54) is 5.69 Å². The van der Waals surface area contributed by atoms with Crippen LogP contribution in [0.3, 0.4) is 0 Å². The second-order valence-corrected chi connectivity index (χ2v) is 5.09. The zero-order valence-electron chi connectivity index (χ0n) is 10.9. The quantitative estimate of drug-likeness (QED) is 0.685. The maximum absolute atomic E-state index is 6.23. The molecule has 3 rings (SSSR count). The third kappa shape index (κ3) is 1.32.